The molecule has 0 radical (unpaired) electrons. The van der Waals surface area contributed by atoms with Gasteiger partial charge in [0, 0.05) is 29.6 Å². The average Bonchev–Trinajstić information content (AvgIpc) is 2.68. The van der Waals surface area contributed by atoms with Crippen LogP contribution in [0, 0.1) is 22.7 Å². The van der Waals surface area contributed by atoms with Gasteiger partial charge in [0.05, 0.1) is 36.5 Å². The molecule has 0 bridgehead atoms. The van der Waals surface area contributed by atoms with Crippen molar-refractivity contribution in [3.05, 3.63) is 57.6 Å². The molecule has 0 saturated heterocycles. The monoisotopic (exact) mass is 502 g/mol. The molecule has 0 unspecified atom stereocenters. The first-order valence-corrected chi connectivity index (χ1v) is 10.0. The SMILES string of the molecule is COCCBr.COCCOc1cc(Cl)cc(C#N)c1.N#Cc1cc(O)cc(Cl)c1. The molecule has 1 N–H and O–H groups in total. The van der Waals surface area contributed by atoms with Gasteiger partial charge in [-0.15, -0.1) is 0 Å². The number of benzene rings is 2. The van der Waals surface area contributed by atoms with Gasteiger partial charge < -0.3 is 19.3 Å². The summed E-state index contributed by atoms with van der Waals surface area (Å²) in [6.07, 6.45) is 0. The summed E-state index contributed by atoms with van der Waals surface area (Å²) in [5.41, 5.74) is 0.856. The zero-order valence-electron chi connectivity index (χ0n) is 16.0. The Kier molecular flexibility index (Phi) is 15.7. The minimum Gasteiger partial charge on any atom is -0.508 e. The highest BCUT2D eigenvalue weighted by atomic mass is 79.9. The van der Waals surface area contributed by atoms with E-state index in [1.807, 2.05) is 12.1 Å². The first kappa shape index (κ1) is 27.0. The van der Waals surface area contributed by atoms with Gasteiger partial charge in [0.25, 0.3) is 0 Å². The number of rotatable bonds is 6. The van der Waals surface area contributed by atoms with Crippen LogP contribution in [-0.2, 0) is 9.47 Å². The summed E-state index contributed by atoms with van der Waals surface area (Å²) in [5.74, 6) is 0.607. The van der Waals surface area contributed by atoms with Crippen LogP contribution in [-0.4, -0.2) is 44.5 Å². The van der Waals surface area contributed by atoms with E-state index in [0.29, 0.717) is 40.1 Å². The molecular formula is C20H21BrCl2N2O4. The maximum Gasteiger partial charge on any atom is 0.122 e. The highest BCUT2D eigenvalue weighted by Crippen LogP contribution is 2.20. The Balaban J connectivity index is 0.000000455. The van der Waals surface area contributed by atoms with E-state index >= 15 is 0 Å². The molecule has 2 aromatic rings. The van der Waals surface area contributed by atoms with Gasteiger partial charge in [0.1, 0.15) is 18.1 Å². The topological polar surface area (TPSA) is 95.5 Å². The van der Waals surface area contributed by atoms with Crippen molar-refractivity contribution in [3.8, 4) is 23.6 Å². The molecule has 6 nitrogen and oxygen atoms in total. The third kappa shape index (κ3) is 13.8. The maximum absolute atomic E-state index is 8.89. The number of phenolic OH excluding ortho intramolecular Hbond substituents is 1. The summed E-state index contributed by atoms with van der Waals surface area (Å²) >= 11 is 14.5. The lowest BCUT2D eigenvalue weighted by atomic mass is 10.2. The Hall–Kier alpha value is -2.00. The number of alkyl halides is 1. The molecule has 0 saturated carbocycles. The van der Waals surface area contributed by atoms with E-state index in [4.69, 9.17) is 48.3 Å². The number of ether oxygens (including phenoxy) is 3. The summed E-state index contributed by atoms with van der Waals surface area (Å²) in [7, 11) is 3.28. The first-order chi connectivity index (χ1) is 13.9. The Labute approximate surface area is 189 Å². The molecule has 156 valence electrons. The van der Waals surface area contributed by atoms with E-state index in [0.717, 1.165) is 11.9 Å². The van der Waals surface area contributed by atoms with E-state index in [-0.39, 0.29) is 5.75 Å². The third-order valence-electron chi connectivity index (χ3n) is 2.85. The van der Waals surface area contributed by atoms with Crippen LogP contribution < -0.4 is 4.74 Å². The van der Waals surface area contributed by atoms with Crippen LogP contribution in [0.2, 0.25) is 10.0 Å². The number of halogens is 3. The number of phenols is 1. The highest BCUT2D eigenvalue weighted by molar-refractivity contribution is 9.09. The van der Waals surface area contributed by atoms with Crippen LogP contribution in [0.25, 0.3) is 0 Å². The fraction of sp³-hybridized carbons (Fsp3) is 0.300. The Morgan fingerprint density at radius 3 is 1.86 bits per heavy atom. The van der Waals surface area contributed by atoms with Gasteiger partial charge in [-0.1, -0.05) is 39.1 Å². The summed E-state index contributed by atoms with van der Waals surface area (Å²) in [6, 6.07) is 13.0. The van der Waals surface area contributed by atoms with Crippen molar-refractivity contribution in [2.75, 3.05) is 39.4 Å². The van der Waals surface area contributed by atoms with Gasteiger partial charge in [-0.05, 0) is 36.4 Å². The zero-order chi connectivity index (χ0) is 22.1. The molecule has 0 amide bonds. The van der Waals surface area contributed by atoms with Crippen molar-refractivity contribution >= 4 is 39.1 Å². The second kappa shape index (κ2) is 16.9. The van der Waals surface area contributed by atoms with Gasteiger partial charge >= 0.3 is 0 Å². The second-order valence-corrected chi connectivity index (χ2v) is 6.79. The fourth-order valence-electron chi connectivity index (χ4n) is 1.67. The Morgan fingerprint density at radius 2 is 1.41 bits per heavy atom. The van der Waals surface area contributed by atoms with Crippen LogP contribution in [0.4, 0.5) is 0 Å². The fourth-order valence-corrected chi connectivity index (χ4v) is 2.45. The third-order valence-corrected chi connectivity index (χ3v) is 3.61. The lowest BCUT2D eigenvalue weighted by Gasteiger charge is -2.05. The molecule has 2 rings (SSSR count). The second-order valence-electron chi connectivity index (χ2n) is 5.12. The van der Waals surface area contributed by atoms with E-state index in [1.54, 1.807) is 32.4 Å². The number of nitriles is 2. The lowest BCUT2D eigenvalue weighted by molar-refractivity contribution is 0.146. The van der Waals surface area contributed by atoms with Crippen LogP contribution in [0.3, 0.4) is 0 Å². The number of nitrogens with zero attached hydrogens (tertiary/aromatic N) is 2. The average molecular weight is 504 g/mol. The number of hydrogen-bond acceptors (Lipinski definition) is 6. The summed E-state index contributed by atoms with van der Waals surface area (Å²) < 4.78 is 14.8. The van der Waals surface area contributed by atoms with Crippen LogP contribution >= 0.6 is 39.1 Å². The molecular weight excluding hydrogens is 483 g/mol. The molecule has 29 heavy (non-hydrogen) atoms. The minimum absolute atomic E-state index is 0.0176. The van der Waals surface area contributed by atoms with Crippen LogP contribution in [0.15, 0.2) is 36.4 Å². The number of aromatic hydroxyl groups is 1. The molecule has 0 aliphatic rings. The van der Waals surface area contributed by atoms with Crippen LogP contribution in [0.5, 0.6) is 11.5 Å². The molecule has 0 atom stereocenters. The number of methoxy groups -OCH3 is 2. The smallest absolute Gasteiger partial charge is 0.122 e. The summed E-state index contributed by atoms with van der Waals surface area (Å²) in [4.78, 5) is 0. The predicted molar refractivity (Wildman–Crippen MR) is 117 cm³/mol. The zero-order valence-corrected chi connectivity index (χ0v) is 19.1. The molecule has 9 heteroatoms. The van der Waals surface area contributed by atoms with Crippen LogP contribution in [0.1, 0.15) is 11.1 Å². The van der Waals surface area contributed by atoms with Gasteiger partial charge in [0.15, 0.2) is 0 Å². The molecule has 0 fully saturated rings. The Bertz CT molecular complexity index is 801. The van der Waals surface area contributed by atoms with Crippen molar-refractivity contribution in [2.24, 2.45) is 0 Å². The first-order valence-electron chi connectivity index (χ1n) is 8.17. The van der Waals surface area contributed by atoms with E-state index in [9.17, 15) is 0 Å². The molecule has 0 aromatic heterocycles. The van der Waals surface area contributed by atoms with Crippen molar-refractivity contribution < 1.29 is 19.3 Å². The van der Waals surface area contributed by atoms with Gasteiger partial charge in [-0.2, -0.15) is 10.5 Å². The molecule has 2 aromatic carbocycles. The van der Waals surface area contributed by atoms with E-state index in [1.165, 1.54) is 18.2 Å². The van der Waals surface area contributed by atoms with Crippen molar-refractivity contribution in [1.29, 1.82) is 10.5 Å². The van der Waals surface area contributed by atoms with Crippen molar-refractivity contribution in [3.63, 3.8) is 0 Å². The quantitative estimate of drug-likeness (QED) is 0.431. The van der Waals surface area contributed by atoms with Crippen molar-refractivity contribution in [2.45, 2.75) is 0 Å². The normalized spacial score (nSPS) is 9.07. The van der Waals surface area contributed by atoms with E-state index in [2.05, 4.69) is 20.7 Å². The lowest BCUT2D eigenvalue weighted by Crippen LogP contribution is -2.04. The molecule has 0 aliphatic carbocycles. The Morgan fingerprint density at radius 1 is 0.862 bits per heavy atom. The summed E-state index contributed by atoms with van der Waals surface area (Å²) in [5, 5.41) is 27.7. The minimum atomic E-state index is 0.0176. The molecule has 0 spiro atoms. The predicted octanol–water partition coefficient (Wildman–Crippen LogP) is 5.18. The largest absolute Gasteiger partial charge is 0.508 e. The molecule has 0 heterocycles. The standard InChI is InChI=1S/C10H10ClNO2.C7H4ClNO.C3H7BrO/c1-13-2-3-14-10-5-8(7-12)4-9(11)6-10;8-6-1-5(4-9)2-7(10)3-6;1-5-3-2-4/h4-6H,2-3H2,1H3;1-3,10H;2-3H2,1H3. The maximum atomic E-state index is 8.89. The number of hydrogen-bond donors (Lipinski definition) is 1. The van der Waals surface area contributed by atoms with E-state index < -0.39 is 0 Å². The highest BCUT2D eigenvalue weighted by Gasteiger charge is 1.99. The summed E-state index contributed by atoms with van der Waals surface area (Å²) in [6.45, 7) is 1.76. The van der Waals surface area contributed by atoms with Gasteiger partial charge in [-0.25, -0.2) is 0 Å². The molecule has 0 aliphatic heterocycles. The van der Waals surface area contributed by atoms with Crippen molar-refractivity contribution in [1.82, 2.24) is 0 Å². The van der Waals surface area contributed by atoms with Gasteiger partial charge in [0.2, 0.25) is 0 Å². The van der Waals surface area contributed by atoms with Gasteiger partial charge in [-0.3, -0.25) is 0 Å².